The maximum atomic E-state index is 12.5. The Morgan fingerprint density at radius 3 is 1.12 bits per heavy atom. The molecule has 0 saturated heterocycles. The van der Waals surface area contributed by atoms with Crippen LogP contribution in [0.1, 0.15) is 226 Å². The molecule has 10 N–H and O–H groups in total. The van der Waals surface area contributed by atoms with Crippen LogP contribution in [0, 0.1) is 0 Å². The zero-order valence-corrected chi connectivity index (χ0v) is 51.1. The van der Waals surface area contributed by atoms with Crippen LogP contribution in [0.2, 0.25) is 0 Å². The van der Waals surface area contributed by atoms with E-state index < -0.39 is 60.4 Å². The van der Waals surface area contributed by atoms with Crippen molar-refractivity contribution in [3.8, 4) is 0 Å². The van der Waals surface area contributed by atoms with Crippen molar-refractivity contribution in [3.05, 3.63) is 12.2 Å². The fraction of sp³-hybridized carbons (Fsp3) is 0.825. The SMILES string of the molecule is CCCC(=O)N(CCCCCCCCCCCCCCCCCCCCCCCC(=O)NCCCCCCC(C)NCCCCNCNCCCCN)N1C(=O)C=CC1=O.O=C(O)C(F)(F)F.O=C(O)C(F)(F)F.O=C(O)C(F)(F)F.O=C(O)C(F)(F)F. The van der Waals surface area contributed by atoms with E-state index in [0.717, 1.165) is 89.3 Å². The molecule has 0 bridgehead atoms. The summed E-state index contributed by atoms with van der Waals surface area (Å²) in [4.78, 5) is 84.4. The Morgan fingerprint density at radius 1 is 0.466 bits per heavy atom. The molecule has 0 aromatic carbocycles. The summed E-state index contributed by atoms with van der Waals surface area (Å²) in [7, 11) is 0. The molecule has 88 heavy (non-hydrogen) atoms. The molecular weight excluding hydrogens is 1200 g/mol. The van der Waals surface area contributed by atoms with Crippen molar-refractivity contribution >= 4 is 47.5 Å². The van der Waals surface area contributed by atoms with E-state index in [2.05, 4.69) is 28.2 Å². The minimum atomic E-state index is -5.08. The van der Waals surface area contributed by atoms with Gasteiger partial charge in [0.2, 0.25) is 11.8 Å². The second-order valence-corrected chi connectivity index (χ2v) is 20.8. The average molecular weight is 1300 g/mol. The predicted molar refractivity (Wildman–Crippen MR) is 306 cm³/mol. The van der Waals surface area contributed by atoms with Crippen LogP contribution in [-0.4, -0.2) is 155 Å². The van der Waals surface area contributed by atoms with Crippen LogP contribution in [0.5, 0.6) is 0 Å². The monoisotopic (exact) mass is 1300 g/mol. The lowest BCUT2D eigenvalue weighted by Gasteiger charge is -2.30. The Kier molecular flexibility index (Phi) is 56.5. The lowest BCUT2D eigenvalue weighted by Crippen LogP contribution is -2.50. The van der Waals surface area contributed by atoms with E-state index >= 15 is 0 Å². The Balaban J connectivity index is -0.00000102. The van der Waals surface area contributed by atoms with Gasteiger partial charge in [-0.15, -0.1) is 0 Å². The summed E-state index contributed by atoms with van der Waals surface area (Å²) < 4.78 is 127. The van der Waals surface area contributed by atoms with Gasteiger partial charge in [0.15, 0.2) is 0 Å². The van der Waals surface area contributed by atoms with E-state index in [1.54, 1.807) is 0 Å². The van der Waals surface area contributed by atoms with Crippen LogP contribution in [0.15, 0.2) is 12.2 Å². The number of imide groups is 1. The number of alkyl halides is 12. The number of carboxylic acid groups (broad SMARTS) is 4. The lowest BCUT2D eigenvalue weighted by atomic mass is 10.0. The van der Waals surface area contributed by atoms with Crippen LogP contribution in [0.3, 0.4) is 0 Å². The van der Waals surface area contributed by atoms with Gasteiger partial charge in [0.25, 0.3) is 11.8 Å². The Labute approximate surface area is 509 Å². The van der Waals surface area contributed by atoms with Crippen LogP contribution in [0.25, 0.3) is 0 Å². The highest BCUT2D eigenvalue weighted by molar-refractivity contribution is 6.13. The zero-order chi connectivity index (χ0) is 67.9. The van der Waals surface area contributed by atoms with Crippen LogP contribution >= 0.6 is 0 Å². The third-order valence-corrected chi connectivity index (χ3v) is 12.7. The van der Waals surface area contributed by atoms with Gasteiger partial charge >= 0.3 is 48.6 Å². The van der Waals surface area contributed by atoms with Crippen molar-refractivity contribution in [1.82, 2.24) is 31.3 Å². The van der Waals surface area contributed by atoms with Gasteiger partial charge in [-0.05, 0) is 90.9 Å². The lowest BCUT2D eigenvalue weighted by molar-refractivity contribution is -0.193. The van der Waals surface area contributed by atoms with Gasteiger partial charge in [-0.25, -0.2) is 24.2 Å². The summed E-state index contributed by atoms with van der Waals surface area (Å²) in [6, 6.07) is 0.581. The second kappa shape index (κ2) is 55.7. The number of amides is 4. The number of nitrogens with zero attached hydrogens (tertiary/aromatic N) is 2. The highest BCUT2D eigenvalue weighted by Crippen LogP contribution is 2.19. The fourth-order valence-electron chi connectivity index (χ4n) is 7.95. The number of hydrogen-bond acceptors (Lipinski definition) is 12. The molecule has 0 fully saturated rings. The Bertz CT molecular complexity index is 1770. The van der Waals surface area contributed by atoms with Gasteiger partial charge < -0.3 is 47.4 Å². The van der Waals surface area contributed by atoms with E-state index in [-0.39, 0.29) is 11.8 Å². The van der Waals surface area contributed by atoms with Gasteiger partial charge in [0.05, 0.1) is 0 Å². The number of hydrogen-bond donors (Lipinski definition) is 9. The third kappa shape index (κ3) is 61.0. The first-order chi connectivity index (χ1) is 41.2. The summed E-state index contributed by atoms with van der Waals surface area (Å²) >= 11 is 0. The first-order valence-electron chi connectivity index (χ1n) is 30.4. The Hall–Kier alpha value is -5.30. The number of halogens is 12. The Morgan fingerprint density at radius 2 is 0.773 bits per heavy atom. The molecule has 31 heteroatoms. The number of carbonyl (C=O) groups is 8. The molecular formula is C57H99F12N7O12. The highest BCUT2D eigenvalue weighted by atomic mass is 19.4. The van der Waals surface area contributed by atoms with Crippen molar-refractivity contribution < 1.29 is 111 Å². The van der Waals surface area contributed by atoms with E-state index in [0.29, 0.717) is 31.8 Å². The smallest absolute Gasteiger partial charge is 0.475 e. The number of aliphatic carboxylic acids is 4. The zero-order valence-electron chi connectivity index (χ0n) is 51.1. The van der Waals surface area contributed by atoms with E-state index in [1.807, 2.05) is 6.92 Å². The molecule has 1 heterocycles. The highest BCUT2D eigenvalue weighted by Gasteiger charge is 2.40. The fourth-order valence-corrected chi connectivity index (χ4v) is 7.95. The van der Waals surface area contributed by atoms with Gasteiger partial charge in [-0.2, -0.15) is 57.7 Å². The molecule has 4 amide bonds. The largest absolute Gasteiger partial charge is 0.490 e. The van der Waals surface area contributed by atoms with Gasteiger partial charge in [0.1, 0.15) is 0 Å². The topological polar surface area (TPSA) is 298 Å². The van der Waals surface area contributed by atoms with Gasteiger partial charge in [-0.3, -0.25) is 19.2 Å². The number of nitrogens with two attached hydrogens (primary N) is 1. The molecule has 1 aliphatic heterocycles. The summed E-state index contributed by atoms with van der Waals surface area (Å²) in [5, 5.41) is 44.5. The van der Waals surface area contributed by atoms with Crippen LogP contribution < -0.4 is 27.0 Å². The summed E-state index contributed by atoms with van der Waals surface area (Å²) in [6.45, 7) is 10.4. The van der Waals surface area contributed by atoms with Crippen LogP contribution in [0.4, 0.5) is 52.7 Å². The molecule has 0 aliphatic carbocycles. The molecule has 0 radical (unpaired) electrons. The van der Waals surface area contributed by atoms with E-state index in [4.69, 9.17) is 45.3 Å². The second-order valence-electron chi connectivity index (χ2n) is 20.8. The maximum absolute atomic E-state index is 12.5. The first-order valence-corrected chi connectivity index (χ1v) is 30.4. The molecule has 0 spiro atoms. The number of carbonyl (C=O) groups excluding carboxylic acids is 4. The number of hydrazine groups is 1. The molecule has 0 saturated carbocycles. The van der Waals surface area contributed by atoms with Crippen LogP contribution in [-0.2, 0) is 38.4 Å². The minimum Gasteiger partial charge on any atom is -0.475 e. The van der Waals surface area contributed by atoms with Crippen molar-refractivity contribution in [2.24, 2.45) is 5.73 Å². The summed E-state index contributed by atoms with van der Waals surface area (Å²) in [5.41, 5.74) is 5.52. The van der Waals surface area contributed by atoms with Crippen molar-refractivity contribution in [1.29, 1.82) is 0 Å². The van der Waals surface area contributed by atoms with Crippen molar-refractivity contribution in [3.63, 3.8) is 0 Å². The average Bonchev–Trinajstić information content (AvgIpc) is 2.75. The summed E-state index contributed by atoms with van der Waals surface area (Å²) in [5.74, 6) is -11.8. The van der Waals surface area contributed by atoms with Gasteiger partial charge in [-0.1, -0.05) is 148 Å². The number of unbranched alkanes of at least 4 members (excludes halogenated alkanes) is 25. The molecule has 1 unspecified atom stereocenters. The predicted octanol–water partition coefficient (Wildman–Crippen LogP) is 12.3. The number of nitrogens with one attached hydrogen (secondary N) is 4. The molecule has 19 nitrogen and oxygen atoms in total. The molecule has 1 atom stereocenters. The van der Waals surface area contributed by atoms with Crippen molar-refractivity contribution in [2.45, 2.75) is 256 Å². The number of carboxylic acids is 4. The standard InChI is InChI=1S/C49H95N7O4.4C2HF3O2/c1-3-33-47(58)55(56-48(59)36-37-49(56)60)43-32-24-20-18-16-14-12-10-8-6-4-5-7-9-11-13-15-17-19-21-26-35-46(57)54-42-28-23-22-25-34-45(2)53-41-31-30-40-52-44-51-39-29-27-38-50;4*3-2(4,5)1(6)7/h36-37,45,51-53H,3-35,38-44,50H2,1-2H3,(H,54,57);4*(H,6,7). The summed E-state index contributed by atoms with van der Waals surface area (Å²) in [6.07, 6.45) is 21.1. The van der Waals surface area contributed by atoms with Crippen molar-refractivity contribution in [2.75, 3.05) is 45.9 Å². The normalized spacial score (nSPS) is 12.6. The van der Waals surface area contributed by atoms with E-state index in [9.17, 15) is 71.9 Å². The molecule has 0 aromatic heterocycles. The quantitative estimate of drug-likeness (QED) is 0.0118. The first kappa shape index (κ1) is 89.1. The molecule has 518 valence electrons. The third-order valence-electron chi connectivity index (χ3n) is 12.7. The molecule has 1 rings (SSSR count). The number of rotatable bonds is 46. The van der Waals surface area contributed by atoms with E-state index in [1.165, 1.54) is 165 Å². The maximum Gasteiger partial charge on any atom is 0.490 e. The molecule has 1 aliphatic rings. The minimum absolute atomic E-state index is 0.151. The molecule has 0 aromatic rings. The van der Waals surface area contributed by atoms with Gasteiger partial charge in [0, 0.05) is 50.8 Å².